The van der Waals surface area contributed by atoms with Gasteiger partial charge in [0.2, 0.25) is 0 Å². The number of para-hydroxylation sites is 2. The molecule has 0 N–H and O–H groups in total. The first kappa shape index (κ1) is 17.7. The molecule has 1 aliphatic heterocycles. The molecule has 0 unspecified atom stereocenters. The number of halogens is 1. The molecule has 0 atom stereocenters. The number of fused-ring (bicyclic) bond motifs is 1. The zero-order valence-corrected chi connectivity index (χ0v) is 15.9. The molecule has 0 aliphatic carbocycles. The molecule has 4 rings (SSSR count). The van der Waals surface area contributed by atoms with Gasteiger partial charge in [-0.2, -0.15) is 4.57 Å². The van der Waals surface area contributed by atoms with E-state index in [1.165, 1.54) is 30.8 Å². The van der Waals surface area contributed by atoms with E-state index in [2.05, 4.69) is 38.5 Å². The predicted octanol–water partition coefficient (Wildman–Crippen LogP) is 0.566. The molecule has 0 saturated carbocycles. The molecule has 130 valence electrons. The lowest BCUT2D eigenvalue weighted by Crippen LogP contribution is -3.00. The van der Waals surface area contributed by atoms with Crippen LogP contribution in [0.4, 0.5) is 0 Å². The van der Waals surface area contributed by atoms with Crippen molar-refractivity contribution in [2.75, 3.05) is 7.11 Å². The number of hydrogen-bond acceptors (Lipinski definition) is 2. The molecular weight excluding hydrogens is 378 g/mol. The maximum atomic E-state index is 5.59. The van der Waals surface area contributed by atoms with Gasteiger partial charge in [-0.1, -0.05) is 18.2 Å². The van der Waals surface area contributed by atoms with Gasteiger partial charge in [0.15, 0.2) is 17.1 Å². The molecular formula is C20H22BrN3O. The van der Waals surface area contributed by atoms with Crippen molar-refractivity contribution in [3.8, 4) is 22.8 Å². The number of rotatable bonds is 3. The zero-order valence-electron chi connectivity index (χ0n) is 14.4. The summed E-state index contributed by atoms with van der Waals surface area (Å²) in [6.45, 7) is 1.05. The Morgan fingerprint density at radius 3 is 2.68 bits per heavy atom. The van der Waals surface area contributed by atoms with Gasteiger partial charge in [0.25, 0.3) is 5.82 Å². The average Bonchev–Trinajstić information content (AvgIpc) is 2.83. The van der Waals surface area contributed by atoms with Crippen molar-refractivity contribution in [2.45, 2.75) is 32.2 Å². The fraction of sp³-hybridized carbons (Fsp3) is 0.300. The Hall–Kier alpha value is -2.14. The van der Waals surface area contributed by atoms with Gasteiger partial charge in [-0.05, 0) is 43.5 Å². The summed E-state index contributed by atoms with van der Waals surface area (Å²) >= 11 is 0. The van der Waals surface area contributed by atoms with Crippen LogP contribution in [0.2, 0.25) is 0 Å². The summed E-state index contributed by atoms with van der Waals surface area (Å²) in [7, 11) is 1.73. The second kappa shape index (κ2) is 7.83. The normalized spacial score (nSPS) is 13.5. The van der Waals surface area contributed by atoms with Crippen LogP contribution >= 0.6 is 0 Å². The Bertz CT molecular complexity index is 845. The SMILES string of the molecule is COc1ccccc1-[n+]1cc(-c2ccccn2)n2c1CCCCC2.[Br-]. The molecule has 0 bridgehead atoms. The third-order valence-corrected chi connectivity index (χ3v) is 4.69. The first-order valence-electron chi connectivity index (χ1n) is 8.57. The Kier molecular flexibility index (Phi) is 5.53. The van der Waals surface area contributed by atoms with Gasteiger partial charge < -0.3 is 21.7 Å². The van der Waals surface area contributed by atoms with E-state index in [-0.39, 0.29) is 17.0 Å². The lowest BCUT2D eigenvalue weighted by atomic mass is 10.2. The van der Waals surface area contributed by atoms with E-state index in [1.54, 1.807) is 7.11 Å². The third-order valence-electron chi connectivity index (χ3n) is 4.69. The maximum Gasteiger partial charge on any atom is 0.262 e. The fourth-order valence-corrected chi connectivity index (χ4v) is 3.53. The number of nitrogens with zero attached hydrogens (tertiary/aromatic N) is 3. The van der Waals surface area contributed by atoms with E-state index >= 15 is 0 Å². The molecule has 3 heterocycles. The van der Waals surface area contributed by atoms with E-state index in [4.69, 9.17) is 4.74 Å². The van der Waals surface area contributed by atoms with Crippen LogP contribution in [0.3, 0.4) is 0 Å². The maximum absolute atomic E-state index is 5.59. The van der Waals surface area contributed by atoms with Crippen LogP contribution in [-0.4, -0.2) is 16.7 Å². The molecule has 0 amide bonds. The van der Waals surface area contributed by atoms with Crippen molar-refractivity contribution in [3.63, 3.8) is 0 Å². The van der Waals surface area contributed by atoms with E-state index in [0.717, 1.165) is 30.1 Å². The van der Waals surface area contributed by atoms with Gasteiger partial charge in [0.1, 0.15) is 11.9 Å². The largest absolute Gasteiger partial charge is 1.00 e. The van der Waals surface area contributed by atoms with Crippen LogP contribution in [-0.2, 0) is 13.0 Å². The van der Waals surface area contributed by atoms with Gasteiger partial charge in [0.05, 0.1) is 13.7 Å². The van der Waals surface area contributed by atoms with Crippen molar-refractivity contribution in [1.29, 1.82) is 0 Å². The average molecular weight is 400 g/mol. The summed E-state index contributed by atoms with van der Waals surface area (Å²) in [5.41, 5.74) is 3.29. The molecule has 0 saturated heterocycles. The van der Waals surface area contributed by atoms with Crippen LogP contribution < -0.4 is 26.3 Å². The van der Waals surface area contributed by atoms with Crippen LogP contribution in [0.5, 0.6) is 5.75 Å². The van der Waals surface area contributed by atoms with Crippen molar-refractivity contribution < 1.29 is 26.3 Å². The second-order valence-corrected chi connectivity index (χ2v) is 6.15. The molecule has 0 radical (unpaired) electrons. The lowest BCUT2D eigenvalue weighted by molar-refractivity contribution is -0.604. The topological polar surface area (TPSA) is 30.9 Å². The molecule has 0 fully saturated rings. The van der Waals surface area contributed by atoms with Gasteiger partial charge in [-0.25, -0.2) is 4.57 Å². The first-order valence-corrected chi connectivity index (χ1v) is 8.57. The number of ether oxygens (including phenoxy) is 1. The second-order valence-electron chi connectivity index (χ2n) is 6.15. The number of methoxy groups -OCH3 is 1. The Balaban J connectivity index is 0.00000182. The Morgan fingerprint density at radius 1 is 1.04 bits per heavy atom. The van der Waals surface area contributed by atoms with Gasteiger partial charge in [0, 0.05) is 12.6 Å². The van der Waals surface area contributed by atoms with E-state index in [1.807, 2.05) is 30.5 Å². The molecule has 2 aromatic heterocycles. The minimum absolute atomic E-state index is 0. The monoisotopic (exact) mass is 399 g/mol. The van der Waals surface area contributed by atoms with Gasteiger partial charge >= 0.3 is 0 Å². The number of imidazole rings is 1. The van der Waals surface area contributed by atoms with Gasteiger partial charge in [-0.15, -0.1) is 0 Å². The summed E-state index contributed by atoms with van der Waals surface area (Å²) in [6.07, 6.45) is 8.86. The van der Waals surface area contributed by atoms with Crippen LogP contribution in [0.25, 0.3) is 17.1 Å². The molecule has 1 aliphatic rings. The fourth-order valence-electron chi connectivity index (χ4n) is 3.53. The molecule has 5 heteroatoms. The molecule has 1 aromatic carbocycles. The summed E-state index contributed by atoms with van der Waals surface area (Å²) in [6, 6.07) is 14.3. The van der Waals surface area contributed by atoms with Gasteiger partial charge in [-0.3, -0.25) is 4.98 Å². The van der Waals surface area contributed by atoms with E-state index < -0.39 is 0 Å². The molecule has 3 aromatic rings. The first-order chi connectivity index (χ1) is 11.9. The number of aromatic nitrogens is 3. The highest BCUT2D eigenvalue weighted by Gasteiger charge is 2.28. The van der Waals surface area contributed by atoms with Crippen LogP contribution in [0, 0.1) is 0 Å². The van der Waals surface area contributed by atoms with Crippen molar-refractivity contribution >= 4 is 0 Å². The van der Waals surface area contributed by atoms with E-state index in [0.29, 0.717) is 0 Å². The van der Waals surface area contributed by atoms with Crippen molar-refractivity contribution in [3.05, 3.63) is 60.7 Å². The highest BCUT2D eigenvalue weighted by Crippen LogP contribution is 2.26. The summed E-state index contributed by atoms with van der Waals surface area (Å²) in [5.74, 6) is 2.23. The van der Waals surface area contributed by atoms with Crippen molar-refractivity contribution in [2.24, 2.45) is 0 Å². The third kappa shape index (κ3) is 3.33. The predicted molar refractivity (Wildman–Crippen MR) is 93.3 cm³/mol. The Morgan fingerprint density at radius 2 is 1.88 bits per heavy atom. The zero-order chi connectivity index (χ0) is 16.4. The molecule has 25 heavy (non-hydrogen) atoms. The number of hydrogen-bond donors (Lipinski definition) is 0. The highest BCUT2D eigenvalue weighted by atomic mass is 79.9. The van der Waals surface area contributed by atoms with E-state index in [9.17, 15) is 0 Å². The van der Waals surface area contributed by atoms with Crippen LogP contribution in [0.1, 0.15) is 25.1 Å². The summed E-state index contributed by atoms with van der Waals surface area (Å²) in [4.78, 5) is 4.57. The molecule has 4 nitrogen and oxygen atoms in total. The minimum atomic E-state index is 0. The van der Waals surface area contributed by atoms with Crippen LogP contribution in [0.15, 0.2) is 54.9 Å². The minimum Gasteiger partial charge on any atom is -1.00 e. The highest BCUT2D eigenvalue weighted by molar-refractivity contribution is 5.53. The standard InChI is InChI=1S/C20H22N3O.BrH/c1-24-19-11-5-4-10-17(19)23-15-18(16-9-6-7-13-21-16)22-14-8-2-3-12-20(22)23;/h4-7,9-11,13,15H,2-3,8,12,14H2,1H3;1H/q+1;/p-1. The quantitative estimate of drug-likeness (QED) is 0.602. The number of benzene rings is 1. The molecule has 0 spiro atoms. The van der Waals surface area contributed by atoms with Crippen molar-refractivity contribution in [1.82, 2.24) is 9.55 Å². The summed E-state index contributed by atoms with van der Waals surface area (Å²) < 4.78 is 10.3. The lowest BCUT2D eigenvalue weighted by Gasteiger charge is -2.06. The Labute approximate surface area is 158 Å². The smallest absolute Gasteiger partial charge is 0.262 e. The number of pyridine rings is 1. The summed E-state index contributed by atoms with van der Waals surface area (Å²) in [5, 5.41) is 0.